The van der Waals surface area contributed by atoms with E-state index in [9.17, 15) is 0 Å². The highest BCUT2D eigenvalue weighted by Crippen LogP contribution is 2.13. The average molecular weight is 377 g/mol. The van der Waals surface area contributed by atoms with Gasteiger partial charge in [-0.15, -0.1) is 0 Å². The van der Waals surface area contributed by atoms with Gasteiger partial charge < -0.3 is 20.9 Å². The molecule has 0 fully saturated rings. The van der Waals surface area contributed by atoms with Crippen LogP contribution in [0.15, 0.2) is 72.2 Å². The highest BCUT2D eigenvalue weighted by molar-refractivity contribution is 5.77. The molecule has 3 aromatic rings. The van der Waals surface area contributed by atoms with E-state index in [2.05, 4.69) is 54.4 Å². The number of anilines is 1. The van der Waals surface area contributed by atoms with Gasteiger partial charge in [0, 0.05) is 38.6 Å². The number of hydrogen-bond donors (Lipinski definition) is 3. The van der Waals surface area contributed by atoms with Crippen molar-refractivity contribution in [3.8, 4) is 0 Å². The lowest BCUT2D eigenvalue weighted by Crippen LogP contribution is -2.38. The first-order valence-corrected chi connectivity index (χ1v) is 9.52. The fourth-order valence-corrected chi connectivity index (χ4v) is 2.88. The maximum atomic E-state index is 5.99. The molecule has 0 saturated carbocycles. The van der Waals surface area contributed by atoms with Crippen LogP contribution in [-0.4, -0.2) is 40.5 Å². The zero-order chi connectivity index (χ0) is 19.4. The van der Waals surface area contributed by atoms with Gasteiger partial charge in [0.15, 0.2) is 5.96 Å². The lowest BCUT2D eigenvalue weighted by atomic mass is 10.2. The van der Waals surface area contributed by atoms with Crippen LogP contribution in [0.3, 0.4) is 0 Å². The van der Waals surface area contributed by atoms with Crippen LogP contribution in [0.5, 0.6) is 0 Å². The minimum absolute atomic E-state index is 0.475. The Morgan fingerprint density at radius 3 is 2.71 bits per heavy atom. The molecule has 0 unspecified atom stereocenters. The van der Waals surface area contributed by atoms with E-state index < -0.39 is 0 Å². The maximum absolute atomic E-state index is 5.99. The van der Waals surface area contributed by atoms with E-state index in [0.717, 1.165) is 37.4 Å². The van der Waals surface area contributed by atoms with Gasteiger partial charge in [-0.05, 0) is 30.5 Å². The number of guanidine groups is 1. The molecule has 2 aromatic heterocycles. The molecule has 28 heavy (non-hydrogen) atoms. The Morgan fingerprint density at radius 1 is 1.11 bits per heavy atom. The summed E-state index contributed by atoms with van der Waals surface area (Å²) in [5.41, 5.74) is 8.29. The van der Waals surface area contributed by atoms with Gasteiger partial charge in [0.2, 0.25) is 0 Å². The Hall–Kier alpha value is -3.35. The lowest BCUT2D eigenvalue weighted by Gasteiger charge is -2.24. The molecule has 0 amide bonds. The van der Waals surface area contributed by atoms with Crippen molar-refractivity contribution < 1.29 is 0 Å². The average Bonchev–Trinajstić information content (AvgIpc) is 3.25. The zero-order valence-electron chi connectivity index (χ0n) is 16.0. The Kier molecular flexibility index (Phi) is 7.43. The SMILES string of the molecule is NC(=NCCCc1c[nH]cn1)NCCN(Cc1ccccc1)c1ccccn1. The van der Waals surface area contributed by atoms with Crippen molar-refractivity contribution >= 4 is 11.8 Å². The van der Waals surface area contributed by atoms with Crippen LogP contribution in [0.2, 0.25) is 0 Å². The van der Waals surface area contributed by atoms with Gasteiger partial charge in [0.25, 0.3) is 0 Å². The molecular weight excluding hydrogens is 350 g/mol. The number of aromatic amines is 1. The van der Waals surface area contributed by atoms with E-state index in [4.69, 9.17) is 5.73 Å². The number of aryl methyl sites for hydroxylation is 1. The van der Waals surface area contributed by atoms with Gasteiger partial charge in [-0.1, -0.05) is 36.4 Å². The minimum atomic E-state index is 0.475. The summed E-state index contributed by atoms with van der Waals surface area (Å²) in [7, 11) is 0. The topological polar surface area (TPSA) is 95.2 Å². The molecule has 0 aliphatic heterocycles. The maximum Gasteiger partial charge on any atom is 0.188 e. The molecule has 146 valence electrons. The molecule has 0 aliphatic carbocycles. The molecule has 0 atom stereocenters. The third kappa shape index (κ3) is 6.42. The Morgan fingerprint density at radius 2 is 1.96 bits per heavy atom. The summed E-state index contributed by atoms with van der Waals surface area (Å²) in [6, 6.07) is 16.3. The first kappa shape index (κ1) is 19.4. The van der Waals surface area contributed by atoms with E-state index in [0.29, 0.717) is 19.0 Å². The van der Waals surface area contributed by atoms with Crippen LogP contribution in [-0.2, 0) is 13.0 Å². The van der Waals surface area contributed by atoms with Crippen LogP contribution in [0.1, 0.15) is 17.7 Å². The third-order valence-electron chi connectivity index (χ3n) is 4.31. The smallest absolute Gasteiger partial charge is 0.188 e. The van der Waals surface area contributed by atoms with E-state index in [1.165, 1.54) is 5.56 Å². The van der Waals surface area contributed by atoms with Gasteiger partial charge in [0.05, 0.1) is 12.0 Å². The van der Waals surface area contributed by atoms with Crippen molar-refractivity contribution in [2.75, 3.05) is 24.5 Å². The number of benzene rings is 1. The van der Waals surface area contributed by atoms with Crippen molar-refractivity contribution in [2.45, 2.75) is 19.4 Å². The molecule has 0 saturated heterocycles. The van der Waals surface area contributed by atoms with E-state index in [1.54, 1.807) is 6.33 Å². The fraction of sp³-hybridized carbons (Fsp3) is 0.286. The predicted octanol–water partition coefficient (Wildman–Crippen LogP) is 2.35. The fourth-order valence-electron chi connectivity index (χ4n) is 2.88. The van der Waals surface area contributed by atoms with Crippen LogP contribution < -0.4 is 16.0 Å². The van der Waals surface area contributed by atoms with Crippen LogP contribution in [0.4, 0.5) is 5.82 Å². The van der Waals surface area contributed by atoms with Crippen molar-refractivity contribution in [3.63, 3.8) is 0 Å². The van der Waals surface area contributed by atoms with Crippen LogP contribution >= 0.6 is 0 Å². The Balaban J connectivity index is 1.46. The number of nitrogens with one attached hydrogen (secondary N) is 2. The number of nitrogens with two attached hydrogens (primary N) is 1. The monoisotopic (exact) mass is 377 g/mol. The summed E-state index contributed by atoms with van der Waals surface area (Å²) in [6.45, 7) is 2.94. The van der Waals surface area contributed by atoms with E-state index in [-0.39, 0.29) is 0 Å². The molecular formula is C21H27N7. The second kappa shape index (κ2) is 10.7. The molecule has 2 heterocycles. The standard InChI is InChI=1S/C21H27N7/c22-21(25-12-6-9-19-15-23-17-27-19)26-13-14-28(20-10-4-5-11-24-20)16-18-7-2-1-3-8-18/h1-5,7-8,10-11,15,17H,6,9,12-14,16H2,(H,23,27)(H3,22,25,26). The molecule has 1 aromatic carbocycles. The number of imidazole rings is 1. The molecule has 0 aliphatic rings. The molecule has 0 spiro atoms. The van der Waals surface area contributed by atoms with E-state index in [1.807, 2.05) is 36.7 Å². The van der Waals surface area contributed by atoms with Crippen LogP contribution in [0, 0.1) is 0 Å². The Bertz CT molecular complexity index is 816. The first-order chi connectivity index (χ1) is 13.8. The van der Waals surface area contributed by atoms with Crippen molar-refractivity contribution in [3.05, 3.63) is 78.5 Å². The second-order valence-corrected chi connectivity index (χ2v) is 6.45. The third-order valence-corrected chi connectivity index (χ3v) is 4.31. The number of pyridine rings is 1. The number of H-pyrrole nitrogens is 1. The van der Waals surface area contributed by atoms with Gasteiger partial charge in [-0.25, -0.2) is 9.97 Å². The molecule has 7 nitrogen and oxygen atoms in total. The number of aliphatic imine (C=N–C) groups is 1. The van der Waals surface area contributed by atoms with Gasteiger partial charge in [0.1, 0.15) is 5.82 Å². The van der Waals surface area contributed by atoms with Crippen molar-refractivity contribution in [2.24, 2.45) is 10.7 Å². The summed E-state index contributed by atoms with van der Waals surface area (Å²) in [5, 5.41) is 3.20. The lowest BCUT2D eigenvalue weighted by molar-refractivity contribution is 0.737. The summed E-state index contributed by atoms with van der Waals surface area (Å²) in [4.78, 5) is 18.3. The number of hydrogen-bond acceptors (Lipinski definition) is 4. The summed E-state index contributed by atoms with van der Waals surface area (Å²) in [5.74, 6) is 1.42. The van der Waals surface area contributed by atoms with Gasteiger partial charge in [-0.3, -0.25) is 4.99 Å². The molecule has 0 radical (unpaired) electrons. The summed E-state index contributed by atoms with van der Waals surface area (Å²) in [6.07, 6.45) is 7.23. The minimum Gasteiger partial charge on any atom is -0.370 e. The molecule has 7 heteroatoms. The Labute approximate surface area is 165 Å². The predicted molar refractivity (Wildman–Crippen MR) is 113 cm³/mol. The zero-order valence-corrected chi connectivity index (χ0v) is 16.0. The highest BCUT2D eigenvalue weighted by Gasteiger charge is 2.08. The number of rotatable bonds is 10. The number of aromatic nitrogens is 3. The molecule has 0 bridgehead atoms. The first-order valence-electron chi connectivity index (χ1n) is 9.52. The summed E-state index contributed by atoms with van der Waals surface area (Å²) >= 11 is 0. The highest BCUT2D eigenvalue weighted by atomic mass is 15.2. The molecule has 3 rings (SSSR count). The largest absolute Gasteiger partial charge is 0.370 e. The summed E-state index contributed by atoms with van der Waals surface area (Å²) < 4.78 is 0. The number of nitrogens with zero attached hydrogens (tertiary/aromatic N) is 4. The van der Waals surface area contributed by atoms with Gasteiger partial charge >= 0.3 is 0 Å². The van der Waals surface area contributed by atoms with Crippen LogP contribution in [0.25, 0.3) is 0 Å². The van der Waals surface area contributed by atoms with Crippen molar-refractivity contribution in [1.82, 2.24) is 20.3 Å². The normalized spacial score (nSPS) is 11.4. The van der Waals surface area contributed by atoms with Crippen molar-refractivity contribution in [1.29, 1.82) is 0 Å². The van der Waals surface area contributed by atoms with E-state index >= 15 is 0 Å². The second-order valence-electron chi connectivity index (χ2n) is 6.45. The molecule has 4 N–H and O–H groups in total. The quantitative estimate of drug-likeness (QED) is 0.286. The van der Waals surface area contributed by atoms with Gasteiger partial charge in [-0.2, -0.15) is 0 Å².